The molecule has 1 atom stereocenters. The fraction of sp³-hybridized carbons (Fsp3) is 0.625. The van der Waals surface area contributed by atoms with Gasteiger partial charge in [0.1, 0.15) is 0 Å². The van der Waals surface area contributed by atoms with Crippen molar-refractivity contribution in [1.82, 2.24) is 5.32 Å². The van der Waals surface area contributed by atoms with E-state index in [-0.39, 0.29) is 12.1 Å². The lowest BCUT2D eigenvalue weighted by Crippen LogP contribution is -2.47. The van der Waals surface area contributed by atoms with Crippen molar-refractivity contribution >= 4 is 5.69 Å². The number of rotatable bonds is 3. The lowest BCUT2D eigenvalue weighted by Gasteiger charge is -2.40. The van der Waals surface area contributed by atoms with Crippen molar-refractivity contribution in [2.75, 3.05) is 24.6 Å². The largest absolute Gasteiger partial charge is 0.396 e. The summed E-state index contributed by atoms with van der Waals surface area (Å²) in [7, 11) is 0. The SMILES string of the molecule is Cc1cccc(N2CC(CCO)NCCC2(C)C)c1. The highest BCUT2D eigenvalue weighted by molar-refractivity contribution is 5.51. The maximum atomic E-state index is 9.18. The molecule has 1 aliphatic heterocycles. The van der Waals surface area contributed by atoms with Crippen LogP contribution >= 0.6 is 0 Å². The normalized spacial score (nSPS) is 23.2. The van der Waals surface area contributed by atoms with E-state index in [1.54, 1.807) is 0 Å². The van der Waals surface area contributed by atoms with Crippen LogP contribution in [-0.4, -0.2) is 36.4 Å². The third-order valence-electron chi connectivity index (χ3n) is 4.09. The summed E-state index contributed by atoms with van der Waals surface area (Å²) in [5, 5.41) is 12.7. The zero-order valence-electron chi connectivity index (χ0n) is 12.3. The van der Waals surface area contributed by atoms with Crippen molar-refractivity contribution in [3.63, 3.8) is 0 Å². The maximum absolute atomic E-state index is 9.18. The van der Waals surface area contributed by atoms with E-state index >= 15 is 0 Å². The van der Waals surface area contributed by atoms with Gasteiger partial charge in [-0.1, -0.05) is 12.1 Å². The summed E-state index contributed by atoms with van der Waals surface area (Å²) in [6.07, 6.45) is 1.93. The molecule has 1 unspecified atom stereocenters. The Bertz CT molecular complexity index is 417. The number of aliphatic hydroxyl groups excluding tert-OH is 1. The van der Waals surface area contributed by atoms with Gasteiger partial charge in [0.05, 0.1) is 0 Å². The minimum Gasteiger partial charge on any atom is -0.396 e. The van der Waals surface area contributed by atoms with Crippen molar-refractivity contribution in [2.24, 2.45) is 0 Å². The van der Waals surface area contributed by atoms with Crippen LogP contribution in [0.1, 0.15) is 32.3 Å². The number of nitrogens with one attached hydrogen (secondary N) is 1. The van der Waals surface area contributed by atoms with E-state index < -0.39 is 0 Å². The van der Waals surface area contributed by atoms with Crippen LogP contribution in [0.2, 0.25) is 0 Å². The van der Waals surface area contributed by atoms with Gasteiger partial charge in [-0.25, -0.2) is 0 Å². The first-order chi connectivity index (χ1) is 9.03. The van der Waals surface area contributed by atoms with Gasteiger partial charge in [-0.15, -0.1) is 0 Å². The van der Waals surface area contributed by atoms with Gasteiger partial charge < -0.3 is 15.3 Å². The average molecular weight is 262 g/mol. The molecule has 0 saturated carbocycles. The van der Waals surface area contributed by atoms with Gasteiger partial charge in [0.25, 0.3) is 0 Å². The zero-order chi connectivity index (χ0) is 13.9. The average Bonchev–Trinajstić information content (AvgIpc) is 2.49. The third-order valence-corrected chi connectivity index (χ3v) is 4.09. The Labute approximate surface area is 116 Å². The summed E-state index contributed by atoms with van der Waals surface area (Å²) in [5.41, 5.74) is 2.73. The summed E-state index contributed by atoms with van der Waals surface area (Å²) in [6.45, 7) is 8.96. The van der Waals surface area contributed by atoms with Crippen molar-refractivity contribution in [3.05, 3.63) is 29.8 Å². The van der Waals surface area contributed by atoms with Crippen LogP contribution in [0.15, 0.2) is 24.3 Å². The van der Waals surface area contributed by atoms with E-state index in [9.17, 15) is 5.11 Å². The topological polar surface area (TPSA) is 35.5 Å². The second-order valence-corrected chi connectivity index (χ2v) is 6.18. The first-order valence-corrected chi connectivity index (χ1v) is 7.21. The Morgan fingerprint density at radius 2 is 2.21 bits per heavy atom. The molecule has 1 aromatic carbocycles. The summed E-state index contributed by atoms with van der Waals surface area (Å²) >= 11 is 0. The molecular formula is C16H26N2O. The van der Waals surface area contributed by atoms with Crippen molar-refractivity contribution < 1.29 is 5.11 Å². The number of aryl methyl sites for hydroxylation is 1. The van der Waals surface area contributed by atoms with Gasteiger partial charge in [-0.3, -0.25) is 0 Å². The molecule has 0 amide bonds. The smallest absolute Gasteiger partial charge is 0.0446 e. The molecule has 3 heteroatoms. The van der Waals surface area contributed by atoms with Gasteiger partial charge >= 0.3 is 0 Å². The molecule has 19 heavy (non-hydrogen) atoms. The number of nitrogens with zero attached hydrogens (tertiary/aromatic N) is 1. The van der Waals surface area contributed by atoms with Crippen LogP contribution in [0.4, 0.5) is 5.69 Å². The fourth-order valence-electron chi connectivity index (χ4n) is 2.85. The monoisotopic (exact) mass is 262 g/mol. The molecule has 0 aliphatic carbocycles. The molecule has 0 spiro atoms. The molecule has 106 valence electrons. The van der Waals surface area contributed by atoms with Gasteiger partial charge in [0.15, 0.2) is 0 Å². The minimum atomic E-state index is 0.144. The summed E-state index contributed by atoms with van der Waals surface area (Å²) in [6, 6.07) is 9.07. The Hall–Kier alpha value is -1.06. The van der Waals surface area contributed by atoms with E-state index in [0.29, 0.717) is 6.04 Å². The summed E-state index contributed by atoms with van der Waals surface area (Å²) < 4.78 is 0. The van der Waals surface area contributed by atoms with Gasteiger partial charge in [0.2, 0.25) is 0 Å². The van der Waals surface area contributed by atoms with Crippen molar-refractivity contribution in [1.29, 1.82) is 0 Å². The van der Waals surface area contributed by atoms with Crippen molar-refractivity contribution in [2.45, 2.75) is 45.2 Å². The van der Waals surface area contributed by atoms with Crippen LogP contribution in [0.3, 0.4) is 0 Å². The molecule has 0 bridgehead atoms. The molecule has 1 aromatic rings. The maximum Gasteiger partial charge on any atom is 0.0446 e. The van der Waals surface area contributed by atoms with Gasteiger partial charge in [0, 0.05) is 30.4 Å². The first kappa shape index (κ1) is 14.4. The molecule has 3 nitrogen and oxygen atoms in total. The van der Waals surface area contributed by atoms with Crippen LogP contribution in [0.5, 0.6) is 0 Å². The summed E-state index contributed by atoms with van der Waals surface area (Å²) in [5.74, 6) is 0. The molecule has 0 radical (unpaired) electrons. The molecular weight excluding hydrogens is 236 g/mol. The Morgan fingerprint density at radius 3 is 2.89 bits per heavy atom. The second kappa shape index (κ2) is 5.93. The van der Waals surface area contributed by atoms with Gasteiger partial charge in [-0.2, -0.15) is 0 Å². The molecule has 2 N–H and O–H groups in total. The lowest BCUT2D eigenvalue weighted by atomic mass is 9.97. The van der Waals surface area contributed by atoms with E-state index in [1.165, 1.54) is 11.3 Å². The fourth-order valence-corrected chi connectivity index (χ4v) is 2.85. The van der Waals surface area contributed by atoms with Crippen LogP contribution in [0, 0.1) is 6.92 Å². The number of aliphatic hydroxyl groups is 1. The van der Waals surface area contributed by atoms with E-state index in [1.807, 2.05) is 0 Å². The molecule has 1 heterocycles. The Kier molecular flexibility index (Phi) is 4.48. The molecule has 1 fully saturated rings. The number of hydrogen-bond donors (Lipinski definition) is 2. The Morgan fingerprint density at radius 1 is 1.42 bits per heavy atom. The molecule has 0 aromatic heterocycles. The summed E-state index contributed by atoms with van der Waals surface area (Å²) in [4.78, 5) is 2.49. The van der Waals surface area contributed by atoms with Crippen LogP contribution < -0.4 is 10.2 Å². The highest BCUT2D eigenvalue weighted by Gasteiger charge is 2.31. The standard InChI is InChI=1S/C16H26N2O/c1-13-5-4-6-15(11-13)18-12-14(7-10-19)17-9-8-16(18,2)3/h4-6,11,14,17,19H,7-10,12H2,1-3H3. The van der Waals surface area contributed by atoms with Crippen molar-refractivity contribution in [3.8, 4) is 0 Å². The highest BCUT2D eigenvalue weighted by atomic mass is 16.3. The quantitative estimate of drug-likeness (QED) is 0.877. The number of anilines is 1. The number of benzene rings is 1. The zero-order valence-corrected chi connectivity index (χ0v) is 12.3. The van der Waals surface area contributed by atoms with Crippen LogP contribution in [0.25, 0.3) is 0 Å². The molecule has 1 aliphatic rings. The molecule has 2 rings (SSSR count). The highest BCUT2D eigenvalue weighted by Crippen LogP contribution is 2.29. The lowest BCUT2D eigenvalue weighted by molar-refractivity contribution is 0.267. The van der Waals surface area contributed by atoms with Gasteiger partial charge in [-0.05, 0) is 57.9 Å². The Balaban J connectivity index is 2.26. The van der Waals surface area contributed by atoms with Crippen LogP contribution in [-0.2, 0) is 0 Å². The van der Waals surface area contributed by atoms with E-state index in [4.69, 9.17) is 0 Å². The van der Waals surface area contributed by atoms with E-state index in [2.05, 4.69) is 55.3 Å². The second-order valence-electron chi connectivity index (χ2n) is 6.18. The minimum absolute atomic E-state index is 0.144. The first-order valence-electron chi connectivity index (χ1n) is 7.21. The third kappa shape index (κ3) is 3.48. The predicted molar refractivity (Wildman–Crippen MR) is 80.7 cm³/mol. The predicted octanol–water partition coefficient (Wildman–Crippen LogP) is 2.32. The number of hydrogen-bond acceptors (Lipinski definition) is 3. The van der Waals surface area contributed by atoms with E-state index in [0.717, 1.165) is 25.9 Å². The molecule has 1 saturated heterocycles.